The number of aromatic hydroxyl groups is 1. The molecule has 1 aliphatic rings. The van der Waals surface area contributed by atoms with E-state index in [2.05, 4.69) is 5.32 Å². The lowest BCUT2D eigenvalue weighted by Gasteiger charge is -2.10. The fraction of sp³-hybridized carbons (Fsp3) is 0.300. The highest BCUT2D eigenvalue weighted by Crippen LogP contribution is 2.31. The van der Waals surface area contributed by atoms with Gasteiger partial charge < -0.3 is 19.9 Å². The second-order valence-electron chi connectivity index (χ2n) is 3.20. The molecule has 0 radical (unpaired) electrons. The minimum Gasteiger partial charge on any atom is -0.507 e. The predicted molar refractivity (Wildman–Crippen MR) is 51.9 cm³/mol. The fourth-order valence-corrected chi connectivity index (χ4v) is 1.48. The van der Waals surface area contributed by atoms with E-state index in [1.165, 1.54) is 13.2 Å². The van der Waals surface area contributed by atoms with Gasteiger partial charge in [0.05, 0.1) is 13.7 Å². The van der Waals surface area contributed by atoms with Crippen molar-refractivity contribution >= 4 is 6.09 Å². The number of methoxy groups -OCH3 is 1. The molecule has 0 aromatic heterocycles. The SMILES string of the molecule is COc1ccc(C2CNC(=O)O2)c(O)c1. The molecule has 1 aromatic rings. The Morgan fingerprint density at radius 1 is 1.60 bits per heavy atom. The first-order valence-electron chi connectivity index (χ1n) is 4.52. The average molecular weight is 209 g/mol. The molecule has 1 fully saturated rings. The molecule has 0 spiro atoms. The van der Waals surface area contributed by atoms with Crippen molar-refractivity contribution in [3.05, 3.63) is 23.8 Å². The van der Waals surface area contributed by atoms with Crippen molar-refractivity contribution in [1.29, 1.82) is 0 Å². The van der Waals surface area contributed by atoms with Crippen molar-refractivity contribution < 1.29 is 19.4 Å². The molecule has 0 aliphatic carbocycles. The van der Waals surface area contributed by atoms with E-state index in [-0.39, 0.29) is 5.75 Å². The lowest BCUT2D eigenvalue weighted by Crippen LogP contribution is -2.12. The molecular weight excluding hydrogens is 198 g/mol. The third-order valence-corrected chi connectivity index (χ3v) is 2.27. The molecule has 2 N–H and O–H groups in total. The zero-order chi connectivity index (χ0) is 10.8. The summed E-state index contributed by atoms with van der Waals surface area (Å²) in [6, 6.07) is 4.88. The van der Waals surface area contributed by atoms with Crippen molar-refractivity contribution in [2.24, 2.45) is 0 Å². The number of amides is 1. The molecule has 15 heavy (non-hydrogen) atoms. The van der Waals surface area contributed by atoms with E-state index in [1.54, 1.807) is 12.1 Å². The van der Waals surface area contributed by atoms with Crippen molar-refractivity contribution in [3.8, 4) is 11.5 Å². The second-order valence-corrected chi connectivity index (χ2v) is 3.20. The molecule has 1 saturated heterocycles. The highest BCUT2D eigenvalue weighted by atomic mass is 16.6. The van der Waals surface area contributed by atoms with Crippen LogP contribution in [0.1, 0.15) is 11.7 Å². The fourth-order valence-electron chi connectivity index (χ4n) is 1.48. The van der Waals surface area contributed by atoms with Crippen LogP contribution in [0.2, 0.25) is 0 Å². The summed E-state index contributed by atoms with van der Waals surface area (Å²) >= 11 is 0. The molecule has 0 bridgehead atoms. The molecule has 2 rings (SSSR count). The molecular formula is C10H11NO4. The van der Waals surface area contributed by atoms with E-state index in [9.17, 15) is 9.90 Å². The Hall–Kier alpha value is -1.91. The van der Waals surface area contributed by atoms with Gasteiger partial charge in [0.25, 0.3) is 0 Å². The highest BCUT2D eigenvalue weighted by Gasteiger charge is 2.26. The van der Waals surface area contributed by atoms with Crippen LogP contribution in [0.5, 0.6) is 11.5 Å². The number of hydrogen-bond donors (Lipinski definition) is 2. The Labute approximate surface area is 86.6 Å². The third kappa shape index (κ3) is 1.81. The number of alkyl carbamates (subject to hydrolysis) is 1. The molecule has 1 aromatic carbocycles. The summed E-state index contributed by atoms with van der Waals surface area (Å²) in [6.07, 6.45) is -0.890. The summed E-state index contributed by atoms with van der Waals surface area (Å²) in [5.41, 5.74) is 0.578. The topological polar surface area (TPSA) is 67.8 Å². The number of phenolic OH excluding ortho intramolecular Hbond substituents is 1. The second kappa shape index (κ2) is 3.68. The number of rotatable bonds is 2. The van der Waals surface area contributed by atoms with Gasteiger partial charge in [0.15, 0.2) is 0 Å². The standard InChI is InChI=1S/C10H11NO4/c1-14-6-2-3-7(8(12)4-6)9-5-11-10(13)15-9/h2-4,9,12H,5H2,1H3,(H,11,13). The Kier molecular flexibility index (Phi) is 2.37. The maximum Gasteiger partial charge on any atom is 0.407 e. The maximum atomic E-state index is 10.8. The summed E-state index contributed by atoms with van der Waals surface area (Å²) in [5, 5.41) is 12.2. The van der Waals surface area contributed by atoms with Crippen molar-refractivity contribution in [1.82, 2.24) is 5.32 Å². The lowest BCUT2D eigenvalue weighted by molar-refractivity contribution is 0.139. The summed E-state index contributed by atoms with van der Waals surface area (Å²) in [5.74, 6) is 0.629. The van der Waals surface area contributed by atoms with E-state index < -0.39 is 12.2 Å². The van der Waals surface area contributed by atoms with E-state index >= 15 is 0 Å². The first-order chi connectivity index (χ1) is 7.20. The Morgan fingerprint density at radius 3 is 2.93 bits per heavy atom. The molecule has 1 amide bonds. The maximum absolute atomic E-state index is 10.8. The number of hydrogen-bond acceptors (Lipinski definition) is 4. The average Bonchev–Trinajstić information content (AvgIpc) is 2.64. The number of carbonyl (C=O) groups excluding carboxylic acids is 1. The van der Waals surface area contributed by atoms with Crippen LogP contribution >= 0.6 is 0 Å². The first-order valence-corrected chi connectivity index (χ1v) is 4.52. The molecule has 5 nitrogen and oxygen atoms in total. The van der Waals surface area contributed by atoms with Crippen LogP contribution in [0.3, 0.4) is 0 Å². The van der Waals surface area contributed by atoms with Gasteiger partial charge in [-0.2, -0.15) is 0 Å². The summed E-state index contributed by atoms with van der Waals surface area (Å²) in [4.78, 5) is 10.8. The zero-order valence-corrected chi connectivity index (χ0v) is 8.19. The zero-order valence-electron chi connectivity index (χ0n) is 8.19. The minimum absolute atomic E-state index is 0.0656. The summed E-state index contributed by atoms with van der Waals surface area (Å²) in [6.45, 7) is 0.374. The molecule has 5 heteroatoms. The van der Waals surface area contributed by atoms with Gasteiger partial charge in [-0.1, -0.05) is 0 Å². The van der Waals surface area contributed by atoms with Crippen LogP contribution in [-0.4, -0.2) is 24.9 Å². The Morgan fingerprint density at radius 2 is 2.40 bits per heavy atom. The lowest BCUT2D eigenvalue weighted by atomic mass is 10.1. The first kappa shape index (κ1) is 9.64. The van der Waals surface area contributed by atoms with Gasteiger partial charge in [-0.05, 0) is 12.1 Å². The Bertz CT molecular complexity index is 391. The van der Waals surface area contributed by atoms with E-state index in [0.29, 0.717) is 17.9 Å². The van der Waals surface area contributed by atoms with E-state index in [1.807, 2.05) is 0 Å². The van der Waals surface area contributed by atoms with Crippen LogP contribution in [0, 0.1) is 0 Å². The van der Waals surface area contributed by atoms with Crippen LogP contribution in [0.15, 0.2) is 18.2 Å². The Balaban J connectivity index is 2.25. The minimum atomic E-state index is -0.463. The molecule has 0 saturated carbocycles. The molecule has 1 unspecified atom stereocenters. The largest absolute Gasteiger partial charge is 0.507 e. The van der Waals surface area contributed by atoms with Gasteiger partial charge in [-0.3, -0.25) is 0 Å². The van der Waals surface area contributed by atoms with Crippen LogP contribution in [0.25, 0.3) is 0 Å². The summed E-state index contributed by atoms with van der Waals surface area (Å²) in [7, 11) is 1.52. The molecule has 80 valence electrons. The van der Waals surface area contributed by atoms with E-state index in [4.69, 9.17) is 9.47 Å². The van der Waals surface area contributed by atoms with Crippen molar-refractivity contribution in [3.63, 3.8) is 0 Å². The van der Waals surface area contributed by atoms with Crippen LogP contribution in [-0.2, 0) is 4.74 Å². The smallest absolute Gasteiger partial charge is 0.407 e. The number of cyclic esters (lactones) is 1. The number of ether oxygens (including phenoxy) is 2. The van der Waals surface area contributed by atoms with Gasteiger partial charge in [0, 0.05) is 11.6 Å². The quantitative estimate of drug-likeness (QED) is 0.767. The molecule has 1 atom stereocenters. The highest BCUT2D eigenvalue weighted by molar-refractivity contribution is 5.70. The normalized spacial score (nSPS) is 19.5. The number of benzene rings is 1. The monoisotopic (exact) mass is 209 g/mol. The molecule has 1 heterocycles. The third-order valence-electron chi connectivity index (χ3n) is 2.27. The van der Waals surface area contributed by atoms with Crippen LogP contribution in [0.4, 0.5) is 4.79 Å². The number of carbonyl (C=O) groups is 1. The molecule has 1 aliphatic heterocycles. The van der Waals surface area contributed by atoms with Crippen molar-refractivity contribution in [2.75, 3.05) is 13.7 Å². The van der Waals surface area contributed by atoms with Crippen molar-refractivity contribution in [2.45, 2.75) is 6.10 Å². The van der Waals surface area contributed by atoms with E-state index in [0.717, 1.165) is 0 Å². The van der Waals surface area contributed by atoms with Crippen LogP contribution < -0.4 is 10.1 Å². The number of phenols is 1. The van der Waals surface area contributed by atoms with Gasteiger partial charge >= 0.3 is 6.09 Å². The van der Waals surface area contributed by atoms with Gasteiger partial charge in [-0.15, -0.1) is 0 Å². The summed E-state index contributed by atoms with van der Waals surface area (Å²) < 4.78 is 9.90. The van der Waals surface area contributed by atoms with Gasteiger partial charge in [0.1, 0.15) is 17.6 Å². The predicted octanol–water partition coefficient (Wildman–Crippen LogP) is 1.18. The number of nitrogens with one attached hydrogen (secondary N) is 1. The van der Waals surface area contributed by atoms with Gasteiger partial charge in [0.2, 0.25) is 0 Å². The van der Waals surface area contributed by atoms with Gasteiger partial charge in [-0.25, -0.2) is 4.79 Å².